The molecule has 2 heterocycles. The first-order valence-corrected chi connectivity index (χ1v) is 12.8. The van der Waals surface area contributed by atoms with Gasteiger partial charge in [-0.25, -0.2) is 0 Å². The minimum absolute atomic E-state index is 0.0260. The van der Waals surface area contributed by atoms with Gasteiger partial charge in [0.05, 0.1) is 33.5 Å². The van der Waals surface area contributed by atoms with Gasteiger partial charge in [-0.1, -0.05) is 62.2 Å². The zero-order valence-electron chi connectivity index (χ0n) is 20.5. The Morgan fingerprint density at radius 3 is 2.67 bits per heavy atom. The fourth-order valence-corrected chi connectivity index (χ4v) is 4.72. The van der Waals surface area contributed by atoms with Crippen LogP contribution in [0, 0.1) is 16.7 Å². The van der Waals surface area contributed by atoms with Crippen molar-refractivity contribution in [2.45, 2.75) is 45.7 Å². The molecule has 0 amide bonds. The molecule has 0 saturated heterocycles. The molecule has 0 bridgehead atoms. The summed E-state index contributed by atoms with van der Waals surface area (Å²) in [4.78, 5) is 4.48. The van der Waals surface area contributed by atoms with E-state index in [-0.39, 0.29) is 11.5 Å². The Labute approximate surface area is 221 Å². The van der Waals surface area contributed by atoms with Crippen LogP contribution >= 0.6 is 23.2 Å². The summed E-state index contributed by atoms with van der Waals surface area (Å²) in [7, 11) is 0. The predicted molar refractivity (Wildman–Crippen MR) is 146 cm³/mol. The molecule has 1 aliphatic carbocycles. The molecule has 7 nitrogen and oxygen atoms in total. The zero-order chi connectivity index (χ0) is 25.4. The summed E-state index contributed by atoms with van der Waals surface area (Å²) in [5.74, 6) is 0. The van der Waals surface area contributed by atoms with Gasteiger partial charge in [-0.2, -0.15) is 5.26 Å². The van der Waals surface area contributed by atoms with E-state index in [0.717, 1.165) is 28.0 Å². The summed E-state index contributed by atoms with van der Waals surface area (Å²) in [6, 6.07) is 14.2. The standard InChI is InChI=1S/C27H29Cl2N7/c1-27(2,3)15-32-24-16(12-30)13-31-25-20(24)10-17(11-22(25)29)33-26(19-6-4-5-7-21(19)28)23-14-36(35-34-23)18-8-9-18/h4-7,10-11,13-14,18,26,33-35H,8-9,15H2,1-3H3,(H,31,32). The highest BCUT2D eigenvalue weighted by molar-refractivity contribution is 6.36. The van der Waals surface area contributed by atoms with Crippen LogP contribution in [-0.4, -0.2) is 22.6 Å². The van der Waals surface area contributed by atoms with E-state index < -0.39 is 0 Å². The number of nitrogens with one attached hydrogen (secondary N) is 4. The summed E-state index contributed by atoms with van der Waals surface area (Å²) in [6.45, 7) is 7.12. The van der Waals surface area contributed by atoms with Gasteiger partial charge in [-0.3, -0.25) is 9.99 Å². The lowest BCUT2D eigenvalue weighted by Crippen LogP contribution is -2.38. The molecule has 1 aromatic heterocycles. The van der Waals surface area contributed by atoms with Crippen molar-refractivity contribution in [3.63, 3.8) is 0 Å². The van der Waals surface area contributed by atoms with E-state index in [1.54, 1.807) is 6.20 Å². The van der Waals surface area contributed by atoms with Crippen LogP contribution in [-0.2, 0) is 0 Å². The molecule has 2 aromatic carbocycles. The van der Waals surface area contributed by atoms with Crippen molar-refractivity contribution in [2.75, 3.05) is 17.2 Å². The lowest BCUT2D eigenvalue weighted by Gasteiger charge is -2.24. The molecule has 1 saturated carbocycles. The number of benzene rings is 2. The van der Waals surface area contributed by atoms with Gasteiger partial charge in [-0.05, 0) is 42.0 Å². The molecule has 186 valence electrons. The van der Waals surface area contributed by atoms with Crippen LogP contribution in [0.15, 0.2) is 54.5 Å². The first-order chi connectivity index (χ1) is 17.2. The van der Waals surface area contributed by atoms with Gasteiger partial charge in [-0.15, -0.1) is 5.53 Å². The molecular weight excluding hydrogens is 493 g/mol. The van der Waals surface area contributed by atoms with Gasteiger partial charge < -0.3 is 16.1 Å². The molecule has 1 unspecified atom stereocenters. The van der Waals surface area contributed by atoms with E-state index in [2.05, 4.69) is 64.6 Å². The largest absolute Gasteiger partial charge is 0.383 e. The molecule has 5 rings (SSSR count). The highest BCUT2D eigenvalue weighted by atomic mass is 35.5. The molecular formula is C27H29Cl2N7. The third-order valence-electron chi connectivity index (χ3n) is 6.23. The second kappa shape index (κ2) is 9.70. The predicted octanol–water partition coefficient (Wildman–Crippen LogP) is 6.35. The molecule has 1 atom stereocenters. The van der Waals surface area contributed by atoms with Gasteiger partial charge in [0, 0.05) is 41.1 Å². The third kappa shape index (κ3) is 5.17. The summed E-state index contributed by atoms with van der Waals surface area (Å²) < 4.78 is 0. The normalized spacial score (nSPS) is 16.3. The maximum atomic E-state index is 9.77. The number of hydrogen-bond acceptors (Lipinski definition) is 7. The minimum atomic E-state index is -0.262. The third-order valence-corrected chi connectivity index (χ3v) is 6.86. The average Bonchev–Trinajstić information content (AvgIpc) is 3.57. The number of halogens is 2. The molecule has 9 heteroatoms. The highest BCUT2D eigenvalue weighted by Crippen LogP contribution is 2.38. The number of anilines is 2. The van der Waals surface area contributed by atoms with Crippen LogP contribution in [0.4, 0.5) is 11.4 Å². The molecule has 36 heavy (non-hydrogen) atoms. The van der Waals surface area contributed by atoms with Crippen LogP contribution in [0.2, 0.25) is 10.0 Å². The van der Waals surface area contributed by atoms with E-state index in [9.17, 15) is 5.26 Å². The fourth-order valence-electron chi connectivity index (χ4n) is 4.21. The second-order valence-corrected chi connectivity index (χ2v) is 11.3. The van der Waals surface area contributed by atoms with Crippen LogP contribution in [0.1, 0.15) is 50.8 Å². The quantitative estimate of drug-likeness (QED) is 0.288. The topological polar surface area (TPSA) is 88.0 Å². The van der Waals surface area contributed by atoms with Crippen LogP contribution in [0.3, 0.4) is 0 Å². The van der Waals surface area contributed by atoms with Gasteiger partial charge in [0.1, 0.15) is 6.07 Å². The molecule has 3 aromatic rings. The van der Waals surface area contributed by atoms with Crippen molar-refractivity contribution in [1.82, 2.24) is 21.0 Å². The number of aromatic nitrogens is 1. The van der Waals surface area contributed by atoms with Crippen LogP contribution < -0.4 is 21.6 Å². The monoisotopic (exact) mass is 521 g/mol. The SMILES string of the molecule is CC(C)(C)CNc1c(C#N)cnc2c(Cl)cc(NC(C3=CN(C4CC4)NN3)c3ccccc3Cl)cc12. The van der Waals surface area contributed by atoms with E-state index in [0.29, 0.717) is 33.7 Å². The Morgan fingerprint density at radius 2 is 1.97 bits per heavy atom. The van der Waals surface area contributed by atoms with E-state index in [4.69, 9.17) is 23.2 Å². The van der Waals surface area contributed by atoms with Crippen molar-refractivity contribution >= 4 is 45.5 Å². The van der Waals surface area contributed by atoms with Gasteiger partial charge in [0.2, 0.25) is 0 Å². The fraction of sp³-hybridized carbons (Fsp3) is 0.333. The number of nitriles is 1. The van der Waals surface area contributed by atoms with Gasteiger partial charge >= 0.3 is 0 Å². The zero-order valence-corrected chi connectivity index (χ0v) is 22.0. The first kappa shape index (κ1) is 24.5. The Bertz CT molecular complexity index is 1370. The summed E-state index contributed by atoms with van der Waals surface area (Å²) >= 11 is 13.4. The van der Waals surface area contributed by atoms with E-state index in [1.165, 1.54) is 12.8 Å². The molecule has 2 aliphatic rings. The van der Waals surface area contributed by atoms with Crippen LogP contribution in [0.5, 0.6) is 0 Å². The van der Waals surface area contributed by atoms with Crippen molar-refractivity contribution < 1.29 is 0 Å². The van der Waals surface area contributed by atoms with Crippen molar-refractivity contribution in [2.24, 2.45) is 5.41 Å². The Morgan fingerprint density at radius 1 is 1.19 bits per heavy atom. The van der Waals surface area contributed by atoms with E-state index in [1.807, 2.05) is 36.4 Å². The first-order valence-electron chi connectivity index (χ1n) is 12.0. The summed E-state index contributed by atoms with van der Waals surface area (Å²) in [6.07, 6.45) is 6.00. The maximum Gasteiger partial charge on any atom is 0.103 e. The molecule has 4 N–H and O–H groups in total. The number of pyridine rings is 1. The molecule has 1 aliphatic heterocycles. The minimum Gasteiger partial charge on any atom is -0.383 e. The summed E-state index contributed by atoms with van der Waals surface area (Å²) in [5, 5.41) is 20.9. The Hall–Kier alpha value is -3.18. The number of fused-ring (bicyclic) bond motifs is 1. The van der Waals surface area contributed by atoms with Crippen LogP contribution in [0.25, 0.3) is 10.9 Å². The van der Waals surface area contributed by atoms with Gasteiger partial charge in [0.25, 0.3) is 0 Å². The molecule has 0 radical (unpaired) electrons. The average molecular weight is 522 g/mol. The lowest BCUT2D eigenvalue weighted by atomic mass is 9.96. The maximum absolute atomic E-state index is 9.77. The Kier molecular flexibility index (Phi) is 6.60. The number of hydrazine groups is 2. The number of nitrogens with zero attached hydrogens (tertiary/aromatic N) is 3. The Balaban J connectivity index is 1.57. The van der Waals surface area contributed by atoms with E-state index >= 15 is 0 Å². The van der Waals surface area contributed by atoms with Crippen molar-refractivity contribution in [3.05, 3.63) is 75.7 Å². The second-order valence-electron chi connectivity index (χ2n) is 10.5. The smallest absolute Gasteiger partial charge is 0.103 e. The van der Waals surface area contributed by atoms with Crippen molar-refractivity contribution in [3.8, 4) is 6.07 Å². The lowest BCUT2D eigenvalue weighted by molar-refractivity contribution is 0.260. The number of hydrogen-bond donors (Lipinski definition) is 4. The summed E-state index contributed by atoms with van der Waals surface area (Å²) in [5.41, 5.74) is 11.1. The van der Waals surface area contributed by atoms with Crippen molar-refractivity contribution in [1.29, 1.82) is 5.26 Å². The highest BCUT2D eigenvalue weighted by Gasteiger charge is 2.32. The molecule has 1 fully saturated rings. The molecule has 0 spiro atoms. The van der Waals surface area contributed by atoms with Gasteiger partial charge in [0.15, 0.2) is 0 Å². The number of rotatable bonds is 7.